The highest BCUT2D eigenvalue weighted by atomic mass is 19.3. The van der Waals surface area contributed by atoms with Crippen molar-refractivity contribution in [2.24, 2.45) is 0 Å². The highest BCUT2D eigenvalue weighted by molar-refractivity contribution is 5.77. The predicted molar refractivity (Wildman–Crippen MR) is 91.0 cm³/mol. The Morgan fingerprint density at radius 1 is 1.04 bits per heavy atom. The molecule has 134 valence electrons. The molecule has 0 fully saturated rings. The molecular weight excluding hydrogens is 328 g/mol. The summed E-state index contributed by atoms with van der Waals surface area (Å²) in [6.07, 6.45) is 0. The second-order valence-electron chi connectivity index (χ2n) is 5.81. The quantitative estimate of drug-likeness (QED) is 0.760. The number of halogens is 2. The van der Waals surface area contributed by atoms with Crippen molar-refractivity contribution in [2.75, 3.05) is 13.7 Å². The Morgan fingerprint density at radius 2 is 1.68 bits per heavy atom. The number of aryl methyl sites for hydroxylation is 2. The third-order valence-electron chi connectivity index (χ3n) is 3.83. The van der Waals surface area contributed by atoms with Crippen LogP contribution in [0.15, 0.2) is 42.5 Å². The summed E-state index contributed by atoms with van der Waals surface area (Å²) in [6.45, 7) is 1.43. The summed E-state index contributed by atoms with van der Waals surface area (Å²) in [6, 6.07) is 11.9. The van der Waals surface area contributed by atoms with Gasteiger partial charge in [-0.15, -0.1) is 0 Å². The van der Waals surface area contributed by atoms with E-state index in [2.05, 4.69) is 4.74 Å². The number of hydrogen-bond acceptors (Lipinski definition) is 3. The molecule has 0 saturated heterocycles. The first-order valence-corrected chi connectivity index (χ1v) is 7.83. The molecule has 0 aromatic heterocycles. The zero-order valence-electron chi connectivity index (χ0n) is 14.5. The van der Waals surface area contributed by atoms with E-state index in [4.69, 9.17) is 4.74 Å². The third kappa shape index (κ3) is 5.74. The van der Waals surface area contributed by atoms with E-state index in [0.29, 0.717) is 12.3 Å². The first-order chi connectivity index (χ1) is 11.8. The van der Waals surface area contributed by atoms with Crippen LogP contribution in [-0.2, 0) is 11.3 Å². The van der Waals surface area contributed by atoms with Gasteiger partial charge in [0.15, 0.2) is 6.61 Å². The van der Waals surface area contributed by atoms with Crippen LogP contribution in [0.4, 0.5) is 8.78 Å². The fourth-order valence-electron chi connectivity index (χ4n) is 2.20. The molecule has 0 unspecified atom stereocenters. The molecule has 0 saturated carbocycles. The minimum absolute atomic E-state index is 0.0639. The number of nitrogens with zero attached hydrogens (tertiary/aromatic N) is 1. The van der Waals surface area contributed by atoms with Crippen molar-refractivity contribution in [1.29, 1.82) is 0 Å². The maximum absolute atomic E-state index is 12.2. The van der Waals surface area contributed by atoms with Gasteiger partial charge in [-0.2, -0.15) is 8.78 Å². The highest BCUT2D eigenvalue weighted by Gasteiger charge is 2.11. The molecule has 2 aromatic carbocycles. The van der Waals surface area contributed by atoms with E-state index in [-0.39, 0.29) is 18.3 Å². The summed E-state index contributed by atoms with van der Waals surface area (Å²) in [5, 5.41) is 0. The standard InChI is InChI=1S/C19H21F2NO3/c1-13-4-7-17(10-14(13)2)24-12-18(23)22(3)11-15-5-8-16(9-6-15)25-19(20)21/h4-10,19H,11-12H2,1-3H3. The molecule has 0 aliphatic rings. The van der Waals surface area contributed by atoms with Crippen LogP contribution in [0.3, 0.4) is 0 Å². The first-order valence-electron chi connectivity index (χ1n) is 7.83. The van der Waals surface area contributed by atoms with Crippen LogP contribution < -0.4 is 9.47 Å². The average Bonchev–Trinajstić information content (AvgIpc) is 2.57. The van der Waals surface area contributed by atoms with Gasteiger partial charge >= 0.3 is 6.61 Å². The number of ether oxygens (including phenoxy) is 2. The molecule has 2 aromatic rings. The number of rotatable bonds is 7. The van der Waals surface area contributed by atoms with Crippen molar-refractivity contribution in [3.63, 3.8) is 0 Å². The summed E-state index contributed by atoms with van der Waals surface area (Å²) < 4.78 is 34.1. The SMILES string of the molecule is Cc1ccc(OCC(=O)N(C)Cc2ccc(OC(F)F)cc2)cc1C. The van der Waals surface area contributed by atoms with Crippen LogP contribution in [0.25, 0.3) is 0 Å². The summed E-state index contributed by atoms with van der Waals surface area (Å²) in [5.74, 6) is 0.565. The Morgan fingerprint density at radius 3 is 2.28 bits per heavy atom. The second kappa shape index (κ2) is 8.46. The van der Waals surface area contributed by atoms with Gasteiger partial charge in [-0.3, -0.25) is 4.79 Å². The topological polar surface area (TPSA) is 38.8 Å². The molecule has 0 spiro atoms. The molecule has 0 radical (unpaired) electrons. The number of carbonyl (C=O) groups excluding carboxylic acids is 1. The Hall–Kier alpha value is -2.63. The molecule has 2 rings (SSSR count). The molecule has 6 heteroatoms. The minimum atomic E-state index is -2.85. The van der Waals surface area contributed by atoms with E-state index in [0.717, 1.165) is 16.7 Å². The van der Waals surface area contributed by atoms with Crippen LogP contribution >= 0.6 is 0 Å². The molecule has 0 bridgehead atoms. The number of benzene rings is 2. The third-order valence-corrected chi connectivity index (χ3v) is 3.83. The zero-order valence-corrected chi connectivity index (χ0v) is 14.5. The summed E-state index contributed by atoms with van der Waals surface area (Å²) in [4.78, 5) is 13.7. The van der Waals surface area contributed by atoms with E-state index >= 15 is 0 Å². The fraction of sp³-hybridized carbons (Fsp3) is 0.316. The molecule has 0 heterocycles. The first kappa shape index (κ1) is 18.7. The molecule has 0 aliphatic heterocycles. The van der Waals surface area contributed by atoms with E-state index in [9.17, 15) is 13.6 Å². The lowest BCUT2D eigenvalue weighted by Crippen LogP contribution is -2.30. The summed E-state index contributed by atoms with van der Waals surface area (Å²) in [5.41, 5.74) is 3.07. The molecule has 0 atom stereocenters. The van der Waals surface area contributed by atoms with Gasteiger partial charge in [0, 0.05) is 13.6 Å². The Balaban J connectivity index is 1.86. The van der Waals surface area contributed by atoms with Gasteiger partial charge in [0.1, 0.15) is 11.5 Å². The largest absolute Gasteiger partial charge is 0.484 e. The van der Waals surface area contributed by atoms with Crippen LogP contribution in [0.2, 0.25) is 0 Å². The summed E-state index contributed by atoms with van der Waals surface area (Å²) >= 11 is 0. The van der Waals surface area contributed by atoms with Gasteiger partial charge in [0.25, 0.3) is 5.91 Å². The van der Waals surface area contributed by atoms with E-state index in [1.807, 2.05) is 32.0 Å². The maximum atomic E-state index is 12.2. The molecule has 1 amide bonds. The fourth-order valence-corrected chi connectivity index (χ4v) is 2.20. The monoisotopic (exact) mass is 349 g/mol. The molecule has 25 heavy (non-hydrogen) atoms. The predicted octanol–water partition coefficient (Wildman–Crippen LogP) is 3.94. The van der Waals surface area contributed by atoms with Gasteiger partial charge in [-0.25, -0.2) is 0 Å². The maximum Gasteiger partial charge on any atom is 0.387 e. The Bertz CT molecular complexity index is 717. The van der Waals surface area contributed by atoms with Crippen molar-refractivity contribution in [3.05, 3.63) is 59.2 Å². The second-order valence-corrected chi connectivity index (χ2v) is 5.81. The normalized spacial score (nSPS) is 10.6. The van der Waals surface area contributed by atoms with Crippen LogP contribution in [0.1, 0.15) is 16.7 Å². The van der Waals surface area contributed by atoms with Crippen LogP contribution in [-0.4, -0.2) is 31.1 Å². The van der Waals surface area contributed by atoms with E-state index in [1.54, 1.807) is 19.2 Å². The Labute approximate surface area is 146 Å². The molecular formula is C19H21F2NO3. The molecule has 4 nitrogen and oxygen atoms in total. The molecule has 0 N–H and O–H groups in total. The zero-order chi connectivity index (χ0) is 18.4. The van der Waals surface area contributed by atoms with E-state index in [1.165, 1.54) is 17.0 Å². The van der Waals surface area contributed by atoms with Crippen molar-refractivity contribution in [2.45, 2.75) is 27.0 Å². The lowest BCUT2D eigenvalue weighted by Gasteiger charge is -2.18. The van der Waals surface area contributed by atoms with Gasteiger partial charge in [0.2, 0.25) is 0 Å². The van der Waals surface area contributed by atoms with Gasteiger partial charge < -0.3 is 14.4 Å². The van der Waals surface area contributed by atoms with Gasteiger partial charge in [-0.1, -0.05) is 18.2 Å². The minimum Gasteiger partial charge on any atom is -0.484 e. The van der Waals surface area contributed by atoms with Crippen molar-refractivity contribution in [3.8, 4) is 11.5 Å². The number of hydrogen-bond donors (Lipinski definition) is 0. The van der Waals surface area contributed by atoms with Crippen LogP contribution in [0, 0.1) is 13.8 Å². The Kier molecular flexibility index (Phi) is 6.33. The number of carbonyl (C=O) groups is 1. The van der Waals surface area contributed by atoms with Crippen molar-refractivity contribution in [1.82, 2.24) is 4.90 Å². The smallest absolute Gasteiger partial charge is 0.387 e. The highest BCUT2D eigenvalue weighted by Crippen LogP contribution is 2.17. The van der Waals surface area contributed by atoms with E-state index < -0.39 is 6.61 Å². The summed E-state index contributed by atoms with van der Waals surface area (Å²) in [7, 11) is 1.66. The van der Waals surface area contributed by atoms with Crippen molar-refractivity contribution < 1.29 is 23.0 Å². The molecule has 0 aliphatic carbocycles. The van der Waals surface area contributed by atoms with Crippen molar-refractivity contribution >= 4 is 5.91 Å². The lowest BCUT2D eigenvalue weighted by molar-refractivity contribution is -0.132. The lowest BCUT2D eigenvalue weighted by atomic mass is 10.1. The average molecular weight is 349 g/mol. The number of amides is 1. The number of alkyl halides is 2. The van der Waals surface area contributed by atoms with Crippen LogP contribution in [0.5, 0.6) is 11.5 Å². The number of likely N-dealkylation sites (N-methyl/N-ethyl adjacent to an activating group) is 1. The van der Waals surface area contributed by atoms with Gasteiger partial charge in [-0.05, 0) is 54.8 Å². The van der Waals surface area contributed by atoms with Gasteiger partial charge in [0.05, 0.1) is 0 Å².